The molecule has 4 nitrogen and oxygen atoms in total. The average Bonchev–Trinajstić information content (AvgIpc) is 2.68. The van der Waals surface area contributed by atoms with Gasteiger partial charge < -0.3 is 19.2 Å². The highest BCUT2D eigenvalue weighted by atomic mass is 32.1. The number of ether oxygens (including phenoxy) is 1. The van der Waals surface area contributed by atoms with Crippen molar-refractivity contribution in [3.8, 4) is 5.75 Å². The van der Waals surface area contributed by atoms with Crippen LogP contribution < -0.4 is 4.74 Å². The molecule has 0 bridgehead atoms. The van der Waals surface area contributed by atoms with E-state index in [1.807, 2.05) is 4.57 Å². The highest BCUT2D eigenvalue weighted by Gasteiger charge is 2.10. The van der Waals surface area contributed by atoms with Crippen molar-refractivity contribution in [3.63, 3.8) is 0 Å². The van der Waals surface area contributed by atoms with Gasteiger partial charge in [-0.1, -0.05) is 0 Å². The molecule has 0 radical (unpaired) electrons. The Morgan fingerprint density at radius 2 is 2.10 bits per heavy atom. The second kappa shape index (κ2) is 6.37. The lowest BCUT2D eigenvalue weighted by Gasteiger charge is -2.10. The number of unbranched alkanes of at least 4 members (excludes halogenated alkanes) is 1. The minimum Gasteiger partial charge on any atom is -0.494 e. The number of benzene rings is 1. The van der Waals surface area contributed by atoms with Crippen LogP contribution in [-0.2, 0) is 6.54 Å². The fourth-order valence-electron chi connectivity index (χ4n) is 2.23. The zero-order valence-corrected chi connectivity index (χ0v) is 12.9. The van der Waals surface area contributed by atoms with Crippen LogP contribution in [0.5, 0.6) is 5.75 Å². The highest BCUT2D eigenvalue weighted by molar-refractivity contribution is 7.71. The number of aryl methyl sites for hydroxylation is 1. The largest absolute Gasteiger partial charge is 0.494 e. The summed E-state index contributed by atoms with van der Waals surface area (Å²) in [5, 5.41) is 0. The number of aromatic amines is 1. The van der Waals surface area contributed by atoms with Gasteiger partial charge in [0.2, 0.25) is 0 Å². The molecule has 0 fully saturated rings. The predicted molar refractivity (Wildman–Crippen MR) is 81.4 cm³/mol. The summed E-state index contributed by atoms with van der Waals surface area (Å²) in [6.07, 6.45) is 2.12. The van der Waals surface area contributed by atoms with E-state index in [2.05, 4.69) is 24.0 Å². The summed E-state index contributed by atoms with van der Waals surface area (Å²) in [6, 6.07) is 3.13. The van der Waals surface area contributed by atoms with Crippen LogP contribution in [0.2, 0.25) is 0 Å². The number of nitrogens with one attached hydrogen (secondary N) is 1. The van der Waals surface area contributed by atoms with Gasteiger partial charge in [-0.25, -0.2) is 4.39 Å². The van der Waals surface area contributed by atoms with Gasteiger partial charge in [0.25, 0.3) is 0 Å². The highest BCUT2D eigenvalue weighted by Crippen LogP contribution is 2.24. The summed E-state index contributed by atoms with van der Waals surface area (Å²) in [5.41, 5.74) is 1.60. The van der Waals surface area contributed by atoms with Crippen molar-refractivity contribution in [3.05, 3.63) is 22.7 Å². The lowest BCUT2D eigenvalue weighted by molar-refractivity contribution is 0.386. The van der Waals surface area contributed by atoms with Crippen LogP contribution in [0, 0.1) is 10.6 Å². The molecule has 110 valence electrons. The molecule has 0 aliphatic heterocycles. The smallest absolute Gasteiger partial charge is 0.178 e. The van der Waals surface area contributed by atoms with Crippen LogP contribution in [0.25, 0.3) is 11.0 Å². The molecule has 2 aromatic rings. The summed E-state index contributed by atoms with van der Waals surface area (Å²) in [4.78, 5) is 5.20. The van der Waals surface area contributed by atoms with Crippen LogP contribution in [-0.4, -0.2) is 42.2 Å². The number of imidazole rings is 1. The van der Waals surface area contributed by atoms with E-state index in [1.165, 1.54) is 13.2 Å². The first-order chi connectivity index (χ1) is 9.52. The van der Waals surface area contributed by atoms with Crippen LogP contribution in [0.15, 0.2) is 12.1 Å². The minimum absolute atomic E-state index is 0.244. The Labute approximate surface area is 123 Å². The van der Waals surface area contributed by atoms with Crippen LogP contribution in [0.4, 0.5) is 4.39 Å². The SMILES string of the molecule is COc1cc2c(cc1F)[nH]c(=S)n2CCCCN(C)C. The van der Waals surface area contributed by atoms with Crippen molar-refractivity contribution >= 4 is 23.3 Å². The molecule has 0 saturated carbocycles. The first kappa shape index (κ1) is 15.0. The second-order valence-electron chi connectivity index (χ2n) is 5.10. The van der Waals surface area contributed by atoms with E-state index in [0.29, 0.717) is 10.3 Å². The Balaban J connectivity index is 2.24. The molecule has 1 aromatic carbocycles. The van der Waals surface area contributed by atoms with E-state index in [9.17, 15) is 4.39 Å². The zero-order chi connectivity index (χ0) is 14.7. The van der Waals surface area contributed by atoms with Gasteiger partial charge in [0.05, 0.1) is 18.1 Å². The quantitative estimate of drug-likeness (QED) is 0.656. The average molecular weight is 297 g/mol. The van der Waals surface area contributed by atoms with E-state index >= 15 is 0 Å². The van der Waals surface area contributed by atoms with Gasteiger partial charge >= 0.3 is 0 Å². The van der Waals surface area contributed by atoms with Gasteiger partial charge in [-0.2, -0.15) is 0 Å². The summed E-state index contributed by atoms with van der Waals surface area (Å²) in [5.74, 6) is -0.135. The maximum absolute atomic E-state index is 13.7. The van der Waals surface area contributed by atoms with Crippen molar-refractivity contribution < 1.29 is 9.13 Å². The number of rotatable bonds is 6. The molecule has 1 aromatic heterocycles. The summed E-state index contributed by atoms with van der Waals surface area (Å²) in [6.45, 7) is 1.87. The van der Waals surface area contributed by atoms with Gasteiger partial charge in [0, 0.05) is 18.7 Å². The molecular formula is C14H20FN3OS. The maximum atomic E-state index is 13.7. The molecular weight excluding hydrogens is 277 g/mol. The van der Waals surface area contributed by atoms with E-state index in [1.54, 1.807) is 6.07 Å². The van der Waals surface area contributed by atoms with E-state index in [0.717, 1.165) is 31.4 Å². The maximum Gasteiger partial charge on any atom is 0.178 e. The molecule has 0 spiro atoms. The summed E-state index contributed by atoms with van der Waals surface area (Å²) < 4.78 is 21.3. The van der Waals surface area contributed by atoms with Crippen molar-refractivity contribution in [2.75, 3.05) is 27.7 Å². The Morgan fingerprint density at radius 3 is 2.75 bits per heavy atom. The molecule has 0 aliphatic rings. The van der Waals surface area contributed by atoms with Crippen LogP contribution >= 0.6 is 12.2 Å². The molecule has 0 saturated heterocycles. The van der Waals surface area contributed by atoms with Gasteiger partial charge in [-0.3, -0.25) is 0 Å². The molecule has 0 aliphatic carbocycles. The van der Waals surface area contributed by atoms with Gasteiger partial charge in [0.1, 0.15) is 0 Å². The number of H-pyrrole nitrogens is 1. The Hall–Kier alpha value is -1.40. The number of aromatic nitrogens is 2. The topological polar surface area (TPSA) is 33.2 Å². The summed E-state index contributed by atoms with van der Waals surface area (Å²) in [7, 11) is 5.59. The third-order valence-electron chi connectivity index (χ3n) is 3.28. The summed E-state index contributed by atoms with van der Waals surface area (Å²) >= 11 is 5.31. The molecule has 0 unspecified atom stereocenters. The number of halogens is 1. The van der Waals surface area contributed by atoms with E-state index in [4.69, 9.17) is 17.0 Å². The number of hydrogen-bond donors (Lipinski definition) is 1. The molecule has 1 N–H and O–H groups in total. The third kappa shape index (κ3) is 3.19. The van der Waals surface area contributed by atoms with Crippen LogP contribution in [0.3, 0.4) is 0 Å². The number of nitrogens with zero attached hydrogens (tertiary/aromatic N) is 2. The molecule has 2 rings (SSSR count). The predicted octanol–water partition coefficient (Wildman–Crippen LogP) is 3.19. The van der Waals surface area contributed by atoms with Gasteiger partial charge in [-0.15, -0.1) is 0 Å². The molecule has 20 heavy (non-hydrogen) atoms. The molecule has 6 heteroatoms. The third-order valence-corrected chi connectivity index (χ3v) is 3.61. The van der Waals surface area contributed by atoms with Crippen molar-refractivity contribution in [1.29, 1.82) is 0 Å². The van der Waals surface area contributed by atoms with E-state index in [-0.39, 0.29) is 11.6 Å². The Morgan fingerprint density at radius 1 is 1.35 bits per heavy atom. The minimum atomic E-state index is -0.379. The lowest BCUT2D eigenvalue weighted by atomic mass is 10.2. The van der Waals surface area contributed by atoms with E-state index < -0.39 is 0 Å². The monoisotopic (exact) mass is 297 g/mol. The Kier molecular flexibility index (Phi) is 4.77. The van der Waals surface area contributed by atoms with Gasteiger partial charge in [0.15, 0.2) is 16.3 Å². The number of fused-ring (bicyclic) bond motifs is 1. The fourth-order valence-corrected chi connectivity index (χ4v) is 2.53. The normalized spacial score (nSPS) is 11.4. The first-order valence-electron chi connectivity index (χ1n) is 6.63. The molecule has 1 heterocycles. The fraction of sp³-hybridized carbons (Fsp3) is 0.500. The second-order valence-corrected chi connectivity index (χ2v) is 5.48. The first-order valence-corrected chi connectivity index (χ1v) is 7.04. The van der Waals surface area contributed by atoms with Crippen molar-refractivity contribution in [2.45, 2.75) is 19.4 Å². The Bertz CT molecular complexity index is 648. The standard InChI is InChI=1S/C14H20FN3OS/c1-17(2)6-4-5-7-18-12-9-13(19-3)10(15)8-11(12)16-14(18)20/h8-9H,4-7H2,1-3H3,(H,16,20). The van der Waals surface area contributed by atoms with Crippen molar-refractivity contribution in [1.82, 2.24) is 14.5 Å². The zero-order valence-electron chi connectivity index (χ0n) is 12.1. The number of methoxy groups -OCH3 is 1. The molecule has 0 atom stereocenters. The number of hydrogen-bond acceptors (Lipinski definition) is 3. The molecule has 0 amide bonds. The van der Waals surface area contributed by atoms with Gasteiger partial charge in [-0.05, 0) is 45.7 Å². The van der Waals surface area contributed by atoms with Crippen LogP contribution in [0.1, 0.15) is 12.8 Å². The van der Waals surface area contributed by atoms with Crippen molar-refractivity contribution in [2.24, 2.45) is 0 Å². The lowest BCUT2D eigenvalue weighted by Crippen LogP contribution is -2.13.